The number of nitrogens with one attached hydrogen (secondary N) is 2. The van der Waals surface area contributed by atoms with E-state index in [2.05, 4.69) is 27.6 Å². The molecule has 2 amide bonds. The van der Waals surface area contributed by atoms with E-state index in [0.717, 1.165) is 37.1 Å². The van der Waals surface area contributed by atoms with Crippen LogP contribution in [0.1, 0.15) is 46.8 Å². The molecule has 9 heteroatoms. The van der Waals surface area contributed by atoms with Gasteiger partial charge in [0.15, 0.2) is 5.82 Å². The predicted octanol–water partition coefficient (Wildman–Crippen LogP) is 2.75. The van der Waals surface area contributed by atoms with Crippen LogP contribution in [-0.2, 0) is 4.79 Å². The van der Waals surface area contributed by atoms with Gasteiger partial charge in [-0.15, -0.1) is 0 Å². The Labute approximate surface area is 222 Å². The first kappa shape index (κ1) is 25.7. The number of amides is 2. The molecule has 9 nitrogen and oxygen atoms in total. The standard InChI is InChI=1S/C29H34N6O3/c1-20-8-9-22(28(37)31-23-10-11-23)18-25(20)35-13-12-30-27(29(35)38)32-24(21-6-4-3-5-7-21)19-26(36)34-16-14-33(2)15-17-34/h3-9,12-13,18,23-24H,10-11,14-17,19H2,1-2H3,(H,30,32)(H,31,37). The fourth-order valence-corrected chi connectivity index (χ4v) is 4.67. The van der Waals surface area contributed by atoms with Gasteiger partial charge in [0.05, 0.1) is 18.2 Å². The number of hydrogen-bond donors (Lipinski definition) is 2. The summed E-state index contributed by atoms with van der Waals surface area (Å²) in [6.07, 6.45) is 5.38. The van der Waals surface area contributed by atoms with Crippen LogP contribution in [0.15, 0.2) is 65.7 Å². The van der Waals surface area contributed by atoms with Gasteiger partial charge in [-0.25, -0.2) is 4.98 Å². The molecule has 198 valence electrons. The van der Waals surface area contributed by atoms with Crippen LogP contribution >= 0.6 is 0 Å². The third-order valence-electron chi connectivity index (χ3n) is 7.23. The number of nitrogens with zero attached hydrogens (tertiary/aromatic N) is 4. The minimum Gasteiger partial charge on any atom is -0.358 e. The fraction of sp³-hybridized carbons (Fsp3) is 0.379. The summed E-state index contributed by atoms with van der Waals surface area (Å²) in [5.74, 6) is 0.0569. The number of likely N-dealkylation sites (N-methyl/N-ethyl adjacent to an activating group) is 1. The lowest BCUT2D eigenvalue weighted by Gasteiger charge is -2.33. The molecule has 0 spiro atoms. The molecule has 1 aliphatic heterocycles. The molecule has 38 heavy (non-hydrogen) atoms. The first-order valence-electron chi connectivity index (χ1n) is 13.2. The van der Waals surface area contributed by atoms with E-state index in [0.29, 0.717) is 24.3 Å². The molecule has 1 aromatic heterocycles. The number of carbonyl (C=O) groups is 2. The number of anilines is 1. The van der Waals surface area contributed by atoms with Crippen molar-refractivity contribution >= 4 is 17.6 Å². The van der Waals surface area contributed by atoms with Crippen LogP contribution in [0.3, 0.4) is 0 Å². The summed E-state index contributed by atoms with van der Waals surface area (Å²) >= 11 is 0. The summed E-state index contributed by atoms with van der Waals surface area (Å²) in [5, 5.41) is 6.26. The summed E-state index contributed by atoms with van der Waals surface area (Å²) in [5.41, 5.74) is 2.55. The van der Waals surface area contributed by atoms with Gasteiger partial charge in [0.1, 0.15) is 0 Å². The number of rotatable bonds is 8. The highest BCUT2D eigenvalue weighted by atomic mass is 16.2. The molecule has 1 atom stereocenters. The Kier molecular flexibility index (Phi) is 7.55. The molecule has 2 N–H and O–H groups in total. The van der Waals surface area contributed by atoms with E-state index in [1.54, 1.807) is 24.5 Å². The SMILES string of the molecule is Cc1ccc(C(=O)NC2CC2)cc1-n1ccnc(NC(CC(=O)N2CCN(C)CC2)c2ccccc2)c1=O. The Balaban J connectivity index is 1.41. The van der Waals surface area contributed by atoms with Gasteiger partial charge in [-0.3, -0.25) is 19.0 Å². The summed E-state index contributed by atoms with van der Waals surface area (Å²) < 4.78 is 1.50. The highest BCUT2D eigenvalue weighted by molar-refractivity contribution is 5.95. The molecule has 2 aromatic carbocycles. The molecule has 5 rings (SSSR count). The molecule has 0 radical (unpaired) electrons. The van der Waals surface area contributed by atoms with Crippen LogP contribution in [0.25, 0.3) is 5.69 Å². The Hall–Kier alpha value is -3.98. The normalized spacial score (nSPS) is 16.6. The Morgan fingerprint density at radius 2 is 1.79 bits per heavy atom. The molecular formula is C29H34N6O3. The maximum Gasteiger partial charge on any atom is 0.297 e. The second-order valence-corrected chi connectivity index (χ2v) is 10.2. The minimum atomic E-state index is -0.420. The first-order valence-corrected chi connectivity index (χ1v) is 13.2. The quantitative estimate of drug-likeness (QED) is 0.480. The van der Waals surface area contributed by atoms with Crippen molar-refractivity contribution in [1.29, 1.82) is 0 Å². The molecule has 1 unspecified atom stereocenters. The molecular weight excluding hydrogens is 480 g/mol. The van der Waals surface area contributed by atoms with Gasteiger partial charge < -0.3 is 20.4 Å². The van der Waals surface area contributed by atoms with E-state index in [-0.39, 0.29) is 35.7 Å². The van der Waals surface area contributed by atoms with Crippen molar-refractivity contribution in [2.75, 3.05) is 38.5 Å². The number of piperazine rings is 1. The molecule has 2 fully saturated rings. The minimum absolute atomic E-state index is 0.0425. The topological polar surface area (TPSA) is 99.6 Å². The Bertz CT molecular complexity index is 1360. The Morgan fingerprint density at radius 3 is 2.50 bits per heavy atom. The highest BCUT2D eigenvalue weighted by Gasteiger charge is 2.26. The maximum absolute atomic E-state index is 13.6. The summed E-state index contributed by atoms with van der Waals surface area (Å²) in [7, 11) is 2.05. The molecule has 2 heterocycles. The molecule has 2 aliphatic rings. The molecule has 1 saturated carbocycles. The third-order valence-corrected chi connectivity index (χ3v) is 7.23. The second kappa shape index (κ2) is 11.2. The van der Waals surface area contributed by atoms with Gasteiger partial charge >= 0.3 is 0 Å². The summed E-state index contributed by atoms with van der Waals surface area (Å²) in [6.45, 7) is 4.97. The van der Waals surface area contributed by atoms with Crippen molar-refractivity contribution in [2.24, 2.45) is 0 Å². The zero-order valence-electron chi connectivity index (χ0n) is 21.9. The van der Waals surface area contributed by atoms with E-state index >= 15 is 0 Å². The Morgan fingerprint density at radius 1 is 1.05 bits per heavy atom. The van der Waals surface area contributed by atoms with E-state index in [1.807, 2.05) is 48.2 Å². The van der Waals surface area contributed by atoms with E-state index in [9.17, 15) is 14.4 Å². The van der Waals surface area contributed by atoms with Crippen LogP contribution in [0.2, 0.25) is 0 Å². The van der Waals surface area contributed by atoms with Crippen molar-refractivity contribution in [3.05, 3.63) is 88.0 Å². The maximum atomic E-state index is 13.6. The van der Waals surface area contributed by atoms with Crippen molar-refractivity contribution in [3.8, 4) is 5.69 Å². The zero-order valence-corrected chi connectivity index (χ0v) is 21.9. The van der Waals surface area contributed by atoms with Crippen molar-refractivity contribution in [1.82, 2.24) is 24.7 Å². The number of aromatic nitrogens is 2. The molecule has 1 saturated heterocycles. The summed E-state index contributed by atoms with van der Waals surface area (Å²) in [4.78, 5) is 47.9. The van der Waals surface area contributed by atoms with Gasteiger partial charge in [-0.2, -0.15) is 0 Å². The highest BCUT2D eigenvalue weighted by Crippen LogP contribution is 2.23. The average Bonchev–Trinajstić information content (AvgIpc) is 3.74. The smallest absolute Gasteiger partial charge is 0.297 e. The van der Waals surface area contributed by atoms with Gasteiger partial charge in [-0.05, 0) is 50.1 Å². The summed E-state index contributed by atoms with van der Waals surface area (Å²) in [6, 6.07) is 14.8. The number of aryl methyl sites for hydroxylation is 1. The molecule has 0 bridgehead atoms. The van der Waals surface area contributed by atoms with Crippen LogP contribution in [0.4, 0.5) is 5.82 Å². The van der Waals surface area contributed by atoms with Crippen molar-refractivity contribution in [2.45, 2.75) is 38.3 Å². The lowest BCUT2D eigenvalue weighted by molar-refractivity contribution is -0.133. The van der Waals surface area contributed by atoms with Crippen LogP contribution in [0, 0.1) is 6.92 Å². The lowest BCUT2D eigenvalue weighted by atomic mass is 10.0. The van der Waals surface area contributed by atoms with E-state index < -0.39 is 6.04 Å². The van der Waals surface area contributed by atoms with Gasteiger partial charge in [0.2, 0.25) is 5.91 Å². The van der Waals surface area contributed by atoms with E-state index in [1.165, 1.54) is 4.57 Å². The van der Waals surface area contributed by atoms with Crippen LogP contribution in [0.5, 0.6) is 0 Å². The van der Waals surface area contributed by atoms with E-state index in [4.69, 9.17) is 0 Å². The molecule has 1 aliphatic carbocycles. The predicted molar refractivity (Wildman–Crippen MR) is 147 cm³/mol. The van der Waals surface area contributed by atoms with Gasteiger partial charge in [0.25, 0.3) is 11.5 Å². The largest absolute Gasteiger partial charge is 0.358 e. The van der Waals surface area contributed by atoms with Crippen LogP contribution in [-0.4, -0.2) is 70.4 Å². The van der Waals surface area contributed by atoms with Crippen LogP contribution < -0.4 is 16.2 Å². The lowest BCUT2D eigenvalue weighted by Crippen LogP contribution is -2.47. The number of benzene rings is 2. The second-order valence-electron chi connectivity index (χ2n) is 10.2. The number of hydrogen-bond acceptors (Lipinski definition) is 6. The third kappa shape index (κ3) is 5.94. The zero-order chi connectivity index (χ0) is 26.6. The van der Waals surface area contributed by atoms with Gasteiger partial charge in [0, 0.05) is 50.2 Å². The fourth-order valence-electron chi connectivity index (χ4n) is 4.67. The molecule has 3 aromatic rings. The van der Waals surface area contributed by atoms with Crippen molar-refractivity contribution in [3.63, 3.8) is 0 Å². The average molecular weight is 515 g/mol. The van der Waals surface area contributed by atoms with Crippen molar-refractivity contribution < 1.29 is 9.59 Å². The van der Waals surface area contributed by atoms with Gasteiger partial charge in [-0.1, -0.05) is 36.4 Å². The monoisotopic (exact) mass is 514 g/mol. The first-order chi connectivity index (χ1) is 18.4. The number of carbonyl (C=O) groups excluding carboxylic acids is 2.